The minimum absolute atomic E-state index is 0.117. The van der Waals surface area contributed by atoms with Gasteiger partial charge in [0.1, 0.15) is 23.3 Å². The Kier molecular flexibility index (Phi) is 3.63. The molecular weight excluding hydrogens is 320 g/mol. The van der Waals surface area contributed by atoms with Crippen molar-refractivity contribution in [2.24, 2.45) is 7.05 Å². The number of benzene rings is 1. The highest BCUT2D eigenvalue weighted by Gasteiger charge is 2.26. The zero-order valence-corrected chi connectivity index (χ0v) is 14.4. The molecule has 7 heteroatoms. The predicted octanol–water partition coefficient (Wildman–Crippen LogP) is 2.88. The molecule has 3 heterocycles. The molecule has 1 amide bonds. The number of ether oxygens (including phenoxy) is 2. The molecule has 7 nitrogen and oxygen atoms in total. The average molecular weight is 340 g/mol. The number of nitrogens with zero attached hydrogens (tertiary/aromatic N) is 2. The smallest absolute Gasteiger partial charge is 0.272 e. The number of amides is 1. The first-order chi connectivity index (χ1) is 12.0. The van der Waals surface area contributed by atoms with Gasteiger partial charge in [0, 0.05) is 30.6 Å². The van der Waals surface area contributed by atoms with E-state index < -0.39 is 0 Å². The summed E-state index contributed by atoms with van der Waals surface area (Å²) < 4.78 is 13.3. The summed E-state index contributed by atoms with van der Waals surface area (Å²) in [6.45, 7) is 4.54. The predicted molar refractivity (Wildman–Crippen MR) is 94.4 cm³/mol. The molecule has 0 saturated heterocycles. The van der Waals surface area contributed by atoms with Crippen LogP contribution >= 0.6 is 0 Å². The summed E-state index contributed by atoms with van der Waals surface area (Å²) in [5, 5.41) is 7.74. The van der Waals surface area contributed by atoms with Gasteiger partial charge in [-0.2, -0.15) is 5.10 Å². The number of nitrogens with one attached hydrogen (secondary N) is 2. The van der Waals surface area contributed by atoms with Gasteiger partial charge in [-0.3, -0.25) is 9.48 Å². The second-order valence-corrected chi connectivity index (χ2v) is 6.26. The zero-order valence-electron chi connectivity index (χ0n) is 14.4. The van der Waals surface area contributed by atoms with E-state index in [0.717, 1.165) is 34.4 Å². The number of hydrogen-bond acceptors (Lipinski definition) is 4. The van der Waals surface area contributed by atoms with Crippen LogP contribution in [0.5, 0.6) is 11.5 Å². The molecule has 1 aliphatic rings. The van der Waals surface area contributed by atoms with Crippen molar-refractivity contribution in [2.75, 3.05) is 11.9 Å². The minimum atomic E-state index is -0.230. The van der Waals surface area contributed by atoms with Crippen molar-refractivity contribution in [3.05, 3.63) is 35.8 Å². The van der Waals surface area contributed by atoms with Crippen molar-refractivity contribution in [3.8, 4) is 11.5 Å². The molecule has 0 radical (unpaired) electrons. The molecule has 1 atom stereocenters. The van der Waals surface area contributed by atoms with Crippen molar-refractivity contribution in [1.29, 1.82) is 0 Å². The molecule has 130 valence electrons. The summed E-state index contributed by atoms with van der Waals surface area (Å²) in [6.07, 6.45) is 4.30. The maximum atomic E-state index is 12.6. The number of H-pyrrole nitrogens is 1. The van der Waals surface area contributed by atoms with Gasteiger partial charge in [-0.05, 0) is 26.0 Å². The molecule has 1 aromatic carbocycles. The fourth-order valence-corrected chi connectivity index (χ4v) is 3.21. The quantitative estimate of drug-likeness (QED) is 0.765. The van der Waals surface area contributed by atoms with E-state index in [0.29, 0.717) is 18.0 Å². The number of aryl methyl sites for hydroxylation is 1. The lowest BCUT2D eigenvalue weighted by Gasteiger charge is -2.08. The van der Waals surface area contributed by atoms with E-state index in [1.54, 1.807) is 30.2 Å². The first-order valence-electron chi connectivity index (χ1n) is 8.33. The SMILES string of the molecule is CCOc1cc2c(c3[nH]c(C(=O)Nc4cnn(C)c4)cc13)O[C@H](C)C2. The van der Waals surface area contributed by atoms with E-state index in [1.807, 2.05) is 19.9 Å². The lowest BCUT2D eigenvalue weighted by molar-refractivity contribution is 0.102. The van der Waals surface area contributed by atoms with E-state index in [1.165, 1.54) is 0 Å². The molecule has 1 aliphatic heterocycles. The molecule has 0 saturated carbocycles. The van der Waals surface area contributed by atoms with E-state index in [-0.39, 0.29) is 12.0 Å². The van der Waals surface area contributed by atoms with E-state index in [9.17, 15) is 4.79 Å². The molecule has 3 aromatic rings. The molecule has 0 bridgehead atoms. The average Bonchev–Trinajstić information content (AvgIpc) is 3.25. The third-order valence-electron chi connectivity index (χ3n) is 4.24. The van der Waals surface area contributed by atoms with Crippen LogP contribution in [0.25, 0.3) is 10.9 Å². The topological polar surface area (TPSA) is 81.2 Å². The van der Waals surface area contributed by atoms with Gasteiger partial charge in [-0.25, -0.2) is 0 Å². The molecule has 0 aliphatic carbocycles. The number of rotatable bonds is 4. The number of carbonyl (C=O) groups is 1. The fourth-order valence-electron chi connectivity index (χ4n) is 3.21. The minimum Gasteiger partial charge on any atom is -0.493 e. The van der Waals surface area contributed by atoms with E-state index >= 15 is 0 Å². The Bertz CT molecular complexity index is 957. The van der Waals surface area contributed by atoms with Crippen molar-refractivity contribution < 1.29 is 14.3 Å². The van der Waals surface area contributed by atoms with Gasteiger partial charge in [-0.1, -0.05) is 0 Å². The highest BCUT2D eigenvalue weighted by atomic mass is 16.5. The highest BCUT2D eigenvalue weighted by molar-refractivity contribution is 6.07. The van der Waals surface area contributed by atoms with Gasteiger partial charge in [0.2, 0.25) is 0 Å². The Labute approximate surface area is 144 Å². The Morgan fingerprint density at radius 1 is 1.52 bits per heavy atom. The van der Waals surface area contributed by atoms with Crippen LogP contribution in [-0.4, -0.2) is 33.4 Å². The third kappa shape index (κ3) is 2.71. The summed E-state index contributed by atoms with van der Waals surface area (Å²) in [6, 6.07) is 3.82. The Morgan fingerprint density at radius 2 is 2.36 bits per heavy atom. The van der Waals surface area contributed by atoms with Gasteiger partial charge in [0.05, 0.1) is 24.0 Å². The fraction of sp³-hybridized carbons (Fsp3) is 0.333. The maximum absolute atomic E-state index is 12.6. The monoisotopic (exact) mass is 340 g/mol. The normalized spacial score (nSPS) is 15.9. The van der Waals surface area contributed by atoms with E-state index in [4.69, 9.17) is 9.47 Å². The van der Waals surface area contributed by atoms with Crippen LogP contribution in [-0.2, 0) is 13.5 Å². The number of aromatic amines is 1. The van der Waals surface area contributed by atoms with Gasteiger partial charge < -0.3 is 19.8 Å². The van der Waals surface area contributed by atoms with Gasteiger partial charge in [-0.15, -0.1) is 0 Å². The molecule has 25 heavy (non-hydrogen) atoms. The van der Waals surface area contributed by atoms with Crippen molar-refractivity contribution >= 4 is 22.5 Å². The molecule has 0 unspecified atom stereocenters. The largest absolute Gasteiger partial charge is 0.493 e. The van der Waals surface area contributed by atoms with Crippen LogP contribution in [0.15, 0.2) is 24.5 Å². The van der Waals surface area contributed by atoms with Crippen molar-refractivity contribution in [3.63, 3.8) is 0 Å². The molecule has 4 rings (SSSR count). The lowest BCUT2D eigenvalue weighted by Crippen LogP contribution is -2.11. The summed E-state index contributed by atoms with van der Waals surface area (Å²) in [4.78, 5) is 15.8. The maximum Gasteiger partial charge on any atom is 0.272 e. The van der Waals surface area contributed by atoms with Gasteiger partial charge in [0.15, 0.2) is 0 Å². The first-order valence-corrected chi connectivity index (χ1v) is 8.33. The second kappa shape index (κ2) is 5.84. The zero-order chi connectivity index (χ0) is 17.6. The first kappa shape index (κ1) is 15.6. The Morgan fingerprint density at radius 3 is 3.08 bits per heavy atom. The number of anilines is 1. The lowest BCUT2D eigenvalue weighted by atomic mass is 10.1. The van der Waals surface area contributed by atoms with Crippen molar-refractivity contribution in [1.82, 2.24) is 14.8 Å². The second-order valence-electron chi connectivity index (χ2n) is 6.26. The summed E-state index contributed by atoms with van der Waals surface area (Å²) in [5.74, 6) is 1.35. The van der Waals surface area contributed by atoms with E-state index in [2.05, 4.69) is 15.4 Å². The Balaban J connectivity index is 1.75. The van der Waals surface area contributed by atoms with Crippen LogP contribution in [0.4, 0.5) is 5.69 Å². The number of aromatic nitrogens is 3. The van der Waals surface area contributed by atoms with Crippen LogP contribution < -0.4 is 14.8 Å². The summed E-state index contributed by atoms with van der Waals surface area (Å²) in [7, 11) is 1.80. The van der Waals surface area contributed by atoms with Crippen LogP contribution in [0.3, 0.4) is 0 Å². The van der Waals surface area contributed by atoms with Crippen LogP contribution in [0.1, 0.15) is 29.9 Å². The van der Waals surface area contributed by atoms with Crippen LogP contribution in [0, 0.1) is 0 Å². The van der Waals surface area contributed by atoms with Gasteiger partial charge in [0.25, 0.3) is 5.91 Å². The molecule has 2 aromatic heterocycles. The summed E-state index contributed by atoms with van der Waals surface area (Å²) >= 11 is 0. The number of carbonyl (C=O) groups excluding carboxylic acids is 1. The van der Waals surface area contributed by atoms with Crippen LogP contribution in [0.2, 0.25) is 0 Å². The molecule has 0 spiro atoms. The standard InChI is InChI=1S/C18H20N4O3/c1-4-24-15-6-11-5-10(2)25-17(11)16-13(15)7-14(21-16)18(23)20-12-8-19-22(3)9-12/h6-10,21H,4-5H2,1-3H3,(H,20,23)/t10-/m1/s1. The molecule has 2 N–H and O–H groups in total. The third-order valence-corrected chi connectivity index (χ3v) is 4.24. The number of fused-ring (bicyclic) bond motifs is 3. The van der Waals surface area contributed by atoms with Crippen molar-refractivity contribution in [2.45, 2.75) is 26.4 Å². The number of hydrogen-bond donors (Lipinski definition) is 2. The highest BCUT2D eigenvalue weighted by Crippen LogP contribution is 2.41. The Hall–Kier alpha value is -2.96. The molecule has 0 fully saturated rings. The molecular formula is C18H20N4O3. The van der Waals surface area contributed by atoms with Gasteiger partial charge >= 0.3 is 0 Å². The summed E-state index contributed by atoms with van der Waals surface area (Å²) in [5.41, 5.74) is 3.01.